The standard InChI is InChI=1S/C12H21N3O/c1-3-10-5-4-6-11(7-10)13-8-12-14-9(2)16-15-12/h10-11,13H,3-8H2,1-2H3. The van der Waals surface area contributed by atoms with Gasteiger partial charge in [-0.3, -0.25) is 0 Å². The lowest BCUT2D eigenvalue weighted by atomic mass is 9.84. The molecule has 0 radical (unpaired) electrons. The number of nitrogens with zero attached hydrogens (tertiary/aromatic N) is 2. The van der Waals surface area contributed by atoms with Crippen LogP contribution in [0.4, 0.5) is 0 Å². The normalized spacial score (nSPS) is 25.9. The summed E-state index contributed by atoms with van der Waals surface area (Å²) in [7, 11) is 0. The SMILES string of the molecule is CCC1CCCC(NCc2noc(C)n2)C1. The molecule has 4 heteroatoms. The van der Waals surface area contributed by atoms with Crippen LogP contribution in [0.1, 0.15) is 50.7 Å². The molecule has 0 aromatic carbocycles. The number of aryl methyl sites for hydroxylation is 1. The predicted octanol–water partition coefficient (Wildman–Crippen LogP) is 2.44. The molecule has 2 atom stereocenters. The van der Waals surface area contributed by atoms with Crippen LogP contribution >= 0.6 is 0 Å². The maximum atomic E-state index is 4.95. The van der Waals surface area contributed by atoms with Crippen molar-refractivity contribution in [1.82, 2.24) is 15.5 Å². The van der Waals surface area contributed by atoms with E-state index in [0.717, 1.165) is 18.3 Å². The van der Waals surface area contributed by atoms with Crippen molar-refractivity contribution < 1.29 is 4.52 Å². The molecule has 1 aliphatic rings. The summed E-state index contributed by atoms with van der Waals surface area (Å²) in [4.78, 5) is 4.19. The molecule has 16 heavy (non-hydrogen) atoms. The van der Waals surface area contributed by atoms with Crippen LogP contribution in [-0.4, -0.2) is 16.2 Å². The molecule has 2 unspecified atom stereocenters. The summed E-state index contributed by atoms with van der Waals surface area (Å²) >= 11 is 0. The van der Waals surface area contributed by atoms with Crippen LogP contribution in [0.5, 0.6) is 0 Å². The Hall–Kier alpha value is -0.900. The van der Waals surface area contributed by atoms with E-state index in [1.165, 1.54) is 32.1 Å². The van der Waals surface area contributed by atoms with Crippen molar-refractivity contribution in [2.75, 3.05) is 0 Å². The number of nitrogens with one attached hydrogen (secondary N) is 1. The van der Waals surface area contributed by atoms with Gasteiger partial charge in [0.05, 0.1) is 6.54 Å². The third-order valence-corrected chi connectivity index (χ3v) is 3.48. The molecule has 1 saturated carbocycles. The Labute approximate surface area is 96.8 Å². The van der Waals surface area contributed by atoms with Crippen LogP contribution in [-0.2, 0) is 6.54 Å². The van der Waals surface area contributed by atoms with E-state index >= 15 is 0 Å². The third-order valence-electron chi connectivity index (χ3n) is 3.48. The maximum absolute atomic E-state index is 4.95. The minimum Gasteiger partial charge on any atom is -0.340 e. The molecule has 1 N–H and O–H groups in total. The number of hydrogen-bond donors (Lipinski definition) is 1. The molecule has 1 heterocycles. The van der Waals surface area contributed by atoms with Crippen LogP contribution in [0, 0.1) is 12.8 Å². The van der Waals surface area contributed by atoms with Gasteiger partial charge in [-0.15, -0.1) is 0 Å². The van der Waals surface area contributed by atoms with Gasteiger partial charge in [-0.25, -0.2) is 0 Å². The highest BCUT2D eigenvalue weighted by molar-refractivity contribution is 4.85. The summed E-state index contributed by atoms with van der Waals surface area (Å²) in [6.07, 6.45) is 6.64. The van der Waals surface area contributed by atoms with Crippen molar-refractivity contribution in [3.05, 3.63) is 11.7 Å². The van der Waals surface area contributed by atoms with E-state index in [-0.39, 0.29) is 0 Å². The molecular weight excluding hydrogens is 202 g/mol. The highest BCUT2D eigenvalue weighted by atomic mass is 16.5. The molecule has 0 saturated heterocycles. The lowest BCUT2D eigenvalue weighted by Gasteiger charge is -2.28. The summed E-state index contributed by atoms with van der Waals surface area (Å²) in [6, 6.07) is 0.637. The minimum atomic E-state index is 0.637. The summed E-state index contributed by atoms with van der Waals surface area (Å²) in [5.74, 6) is 2.32. The second kappa shape index (κ2) is 5.43. The molecule has 0 spiro atoms. The topological polar surface area (TPSA) is 51.0 Å². The second-order valence-corrected chi connectivity index (χ2v) is 4.75. The molecular formula is C12H21N3O. The fourth-order valence-corrected chi connectivity index (χ4v) is 2.50. The molecule has 1 fully saturated rings. The van der Waals surface area contributed by atoms with Crippen LogP contribution in [0.15, 0.2) is 4.52 Å². The molecule has 0 aliphatic heterocycles. The van der Waals surface area contributed by atoms with E-state index in [4.69, 9.17) is 4.52 Å². The Morgan fingerprint density at radius 2 is 2.31 bits per heavy atom. The van der Waals surface area contributed by atoms with Gasteiger partial charge < -0.3 is 9.84 Å². The molecule has 1 aromatic rings. The Kier molecular flexibility index (Phi) is 3.93. The Morgan fingerprint density at radius 3 is 3.00 bits per heavy atom. The lowest BCUT2D eigenvalue weighted by Crippen LogP contribution is -2.33. The molecule has 2 rings (SSSR count). The van der Waals surface area contributed by atoms with Crippen LogP contribution in [0.3, 0.4) is 0 Å². The van der Waals surface area contributed by atoms with E-state index in [1.54, 1.807) is 0 Å². The van der Waals surface area contributed by atoms with Crippen molar-refractivity contribution in [2.45, 2.75) is 58.5 Å². The minimum absolute atomic E-state index is 0.637. The van der Waals surface area contributed by atoms with E-state index < -0.39 is 0 Å². The summed E-state index contributed by atoms with van der Waals surface area (Å²) in [5.41, 5.74) is 0. The van der Waals surface area contributed by atoms with Gasteiger partial charge in [0, 0.05) is 13.0 Å². The lowest BCUT2D eigenvalue weighted by molar-refractivity contribution is 0.276. The average Bonchev–Trinajstić information content (AvgIpc) is 2.73. The molecule has 1 aromatic heterocycles. The van der Waals surface area contributed by atoms with Gasteiger partial charge in [-0.1, -0.05) is 31.3 Å². The van der Waals surface area contributed by atoms with Crippen molar-refractivity contribution in [1.29, 1.82) is 0 Å². The van der Waals surface area contributed by atoms with Crippen LogP contribution < -0.4 is 5.32 Å². The Balaban J connectivity index is 1.77. The van der Waals surface area contributed by atoms with Gasteiger partial charge in [0.2, 0.25) is 5.89 Å². The third kappa shape index (κ3) is 3.04. The van der Waals surface area contributed by atoms with Crippen LogP contribution in [0.25, 0.3) is 0 Å². The number of rotatable bonds is 4. The first-order chi connectivity index (χ1) is 7.78. The van der Waals surface area contributed by atoms with E-state index in [1.807, 2.05) is 6.92 Å². The van der Waals surface area contributed by atoms with Gasteiger partial charge >= 0.3 is 0 Å². The van der Waals surface area contributed by atoms with E-state index in [2.05, 4.69) is 22.4 Å². The fraction of sp³-hybridized carbons (Fsp3) is 0.833. The molecule has 1 aliphatic carbocycles. The van der Waals surface area contributed by atoms with Crippen LogP contribution in [0.2, 0.25) is 0 Å². The summed E-state index contributed by atoms with van der Waals surface area (Å²) < 4.78 is 4.95. The van der Waals surface area contributed by atoms with E-state index in [9.17, 15) is 0 Å². The first-order valence-corrected chi connectivity index (χ1v) is 6.30. The first kappa shape index (κ1) is 11.6. The van der Waals surface area contributed by atoms with Gasteiger partial charge in [-0.05, 0) is 18.8 Å². The Bertz CT molecular complexity index is 324. The highest BCUT2D eigenvalue weighted by Gasteiger charge is 2.20. The van der Waals surface area contributed by atoms with E-state index in [0.29, 0.717) is 11.9 Å². The quantitative estimate of drug-likeness (QED) is 0.851. The largest absolute Gasteiger partial charge is 0.340 e. The maximum Gasteiger partial charge on any atom is 0.223 e. The van der Waals surface area contributed by atoms with Gasteiger partial charge in [0.25, 0.3) is 0 Å². The number of aromatic nitrogens is 2. The zero-order valence-corrected chi connectivity index (χ0v) is 10.2. The highest BCUT2D eigenvalue weighted by Crippen LogP contribution is 2.26. The van der Waals surface area contributed by atoms with Gasteiger partial charge in [0.15, 0.2) is 5.82 Å². The summed E-state index contributed by atoms with van der Waals surface area (Å²) in [6.45, 7) is 4.85. The number of hydrogen-bond acceptors (Lipinski definition) is 4. The van der Waals surface area contributed by atoms with Crippen molar-refractivity contribution in [3.63, 3.8) is 0 Å². The molecule has 0 amide bonds. The second-order valence-electron chi connectivity index (χ2n) is 4.75. The van der Waals surface area contributed by atoms with Crippen molar-refractivity contribution in [3.8, 4) is 0 Å². The smallest absolute Gasteiger partial charge is 0.223 e. The summed E-state index contributed by atoms with van der Waals surface area (Å²) in [5, 5.41) is 7.42. The molecule has 4 nitrogen and oxygen atoms in total. The van der Waals surface area contributed by atoms with Crippen molar-refractivity contribution in [2.24, 2.45) is 5.92 Å². The fourth-order valence-electron chi connectivity index (χ4n) is 2.50. The van der Waals surface area contributed by atoms with Crippen molar-refractivity contribution >= 4 is 0 Å². The Morgan fingerprint density at radius 1 is 1.44 bits per heavy atom. The first-order valence-electron chi connectivity index (χ1n) is 6.30. The average molecular weight is 223 g/mol. The molecule has 90 valence electrons. The zero-order chi connectivity index (χ0) is 11.4. The van der Waals surface area contributed by atoms with Gasteiger partial charge in [0.1, 0.15) is 0 Å². The predicted molar refractivity (Wildman–Crippen MR) is 61.9 cm³/mol. The zero-order valence-electron chi connectivity index (χ0n) is 10.2. The molecule has 0 bridgehead atoms. The monoisotopic (exact) mass is 223 g/mol. The van der Waals surface area contributed by atoms with Gasteiger partial charge in [-0.2, -0.15) is 4.98 Å².